The molecule has 0 heterocycles. The average Bonchev–Trinajstić information content (AvgIpc) is 2.48. The second kappa shape index (κ2) is 7.14. The van der Waals surface area contributed by atoms with Gasteiger partial charge < -0.3 is 15.2 Å². The molecule has 2 aromatic rings. The lowest BCUT2D eigenvalue weighted by atomic mass is 10.0. The fraction of sp³-hybridized carbons (Fsp3) is 0.333. The molecule has 0 aliphatic carbocycles. The number of ether oxygens (including phenoxy) is 1. The van der Waals surface area contributed by atoms with Gasteiger partial charge in [0.1, 0.15) is 11.5 Å². The number of nitrogens with one attached hydrogen (secondary N) is 1. The smallest absolute Gasteiger partial charge is 0.120 e. The van der Waals surface area contributed by atoms with Crippen molar-refractivity contribution in [2.75, 3.05) is 6.61 Å². The molecule has 3 heteroatoms. The van der Waals surface area contributed by atoms with E-state index in [-0.39, 0.29) is 12.1 Å². The molecule has 3 nitrogen and oxygen atoms in total. The quantitative estimate of drug-likeness (QED) is 0.835. The minimum atomic E-state index is 0.0766. The summed E-state index contributed by atoms with van der Waals surface area (Å²) in [7, 11) is 0. The predicted octanol–water partition coefficient (Wildman–Crippen LogP) is 4.20. The lowest BCUT2D eigenvalue weighted by Crippen LogP contribution is -2.22. The molecule has 0 aromatic heterocycles. The Morgan fingerprint density at radius 2 is 1.67 bits per heavy atom. The maximum Gasteiger partial charge on any atom is 0.120 e. The van der Waals surface area contributed by atoms with Crippen LogP contribution in [0.1, 0.15) is 44.0 Å². The number of benzene rings is 2. The van der Waals surface area contributed by atoms with E-state index in [0.29, 0.717) is 12.4 Å². The number of aromatic hydroxyl groups is 1. The van der Waals surface area contributed by atoms with Gasteiger partial charge >= 0.3 is 0 Å². The van der Waals surface area contributed by atoms with Gasteiger partial charge in [0.05, 0.1) is 6.61 Å². The van der Waals surface area contributed by atoms with Crippen LogP contribution in [0.25, 0.3) is 0 Å². The molecule has 0 amide bonds. The summed E-state index contributed by atoms with van der Waals surface area (Å²) >= 11 is 0. The van der Waals surface area contributed by atoms with E-state index in [1.807, 2.05) is 37.3 Å². The first-order valence-corrected chi connectivity index (χ1v) is 7.38. The fourth-order valence-electron chi connectivity index (χ4n) is 2.43. The van der Waals surface area contributed by atoms with Crippen LogP contribution in [0.5, 0.6) is 11.5 Å². The number of phenols is 1. The van der Waals surface area contributed by atoms with Crippen LogP contribution in [0.15, 0.2) is 48.5 Å². The molecular formula is C18H23NO2. The molecule has 2 aromatic carbocycles. The Morgan fingerprint density at radius 1 is 1.00 bits per heavy atom. The lowest BCUT2D eigenvalue weighted by Gasteiger charge is -2.21. The summed E-state index contributed by atoms with van der Waals surface area (Å²) in [5.41, 5.74) is 2.11. The van der Waals surface area contributed by atoms with Crippen molar-refractivity contribution >= 4 is 0 Å². The Labute approximate surface area is 126 Å². The van der Waals surface area contributed by atoms with Gasteiger partial charge in [0.25, 0.3) is 0 Å². The summed E-state index contributed by atoms with van der Waals surface area (Å²) in [6, 6.07) is 15.8. The predicted molar refractivity (Wildman–Crippen MR) is 85.7 cm³/mol. The van der Waals surface area contributed by atoms with Crippen molar-refractivity contribution in [2.24, 2.45) is 0 Å². The van der Waals surface area contributed by atoms with Crippen molar-refractivity contribution in [2.45, 2.75) is 32.9 Å². The van der Waals surface area contributed by atoms with Gasteiger partial charge in [-0.05, 0) is 44.5 Å². The summed E-state index contributed by atoms with van der Waals surface area (Å²) in [5, 5.41) is 13.4. The van der Waals surface area contributed by atoms with Crippen LogP contribution in [-0.4, -0.2) is 11.7 Å². The molecule has 2 unspecified atom stereocenters. The van der Waals surface area contributed by atoms with Gasteiger partial charge in [0.2, 0.25) is 0 Å². The van der Waals surface area contributed by atoms with E-state index >= 15 is 0 Å². The van der Waals surface area contributed by atoms with Gasteiger partial charge in [0, 0.05) is 17.6 Å². The molecular weight excluding hydrogens is 262 g/mol. The molecule has 2 N–H and O–H groups in total. The summed E-state index contributed by atoms with van der Waals surface area (Å²) in [5.74, 6) is 1.22. The van der Waals surface area contributed by atoms with E-state index in [1.54, 1.807) is 6.07 Å². The number of para-hydroxylation sites is 1. The van der Waals surface area contributed by atoms with Gasteiger partial charge in [0.15, 0.2) is 0 Å². The molecule has 21 heavy (non-hydrogen) atoms. The molecule has 2 rings (SSSR count). The SMILES string of the molecule is CCOc1ccc(C(C)NC(C)c2ccccc2O)cc1. The summed E-state index contributed by atoms with van der Waals surface area (Å²) in [6.45, 7) is 6.83. The first kappa shape index (κ1) is 15.4. The molecule has 0 aliphatic heterocycles. The maximum absolute atomic E-state index is 9.90. The number of hydrogen-bond acceptors (Lipinski definition) is 3. The monoisotopic (exact) mass is 285 g/mol. The second-order valence-electron chi connectivity index (χ2n) is 5.17. The normalized spacial score (nSPS) is 13.7. The van der Waals surface area contributed by atoms with Gasteiger partial charge in [-0.2, -0.15) is 0 Å². The largest absolute Gasteiger partial charge is 0.508 e. The van der Waals surface area contributed by atoms with E-state index < -0.39 is 0 Å². The van der Waals surface area contributed by atoms with Crippen molar-refractivity contribution < 1.29 is 9.84 Å². The van der Waals surface area contributed by atoms with Gasteiger partial charge in [-0.3, -0.25) is 0 Å². The van der Waals surface area contributed by atoms with Crippen molar-refractivity contribution in [3.63, 3.8) is 0 Å². The third-order valence-electron chi connectivity index (χ3n) is 3.59. The second-order valence-corrected chi connectivity index (χ2v) is 5.17. The third kappa shape index (κ3) is 3.99. The first-order valence-electron chi connectivity index (χ1n) is 7.38. The molecule has 0 bridgehead atoms. The first-order chi connectivity index (χ1) is 10.1. The van der Waals surface area contributed by atoms with E-state index in [4.69, 9.17) is 4.74 Å². The van der Waals surface area contributed by atoms with E-state index in [2.05, 4.69) is 31.3 Å². The van der Waals surface area contributed by atoms with Crippen molar-refractivity contribution in [3.8, 4) is 11.5 Å². The van der Waals surface area contributed by atoms with Gasteiger partial charge in [-0.25, -0.2) is 0 Å². The minimum absolute atomic E-state index is 0.0766. The number of rotatable bonds is 6. The average molecular weight is 285 g/mol. The highest BCUT2D eigenvalue weighted by molar-refractivity contribution is 5.35. The highest BCUT2D eigenvalue weighted by Crippen LogP contribution is 2.26. The molecule has 0 saturated heterocycles. The number of phenolic OH excluding ortho intramolecular Hbond substituents is 1. The molecule has 2 atom stereocenters. The van der Waals surface area contributed by atoms with E-state index in [9.17, 15) is 5.11 Å². The molecule has 0 spiro atoms. The summed E-state index contributed by atoms with van der Waals surface area (Å²) < 4.78 is 5.45. The zero-order chi connectivity index (χ0) is 15.2. The molecule has 0 fully saturated rings. The standard InChI is InChI=1S/C18H23NO2/c1-4-21-16-11-9-15(10-12-16)13(2)19-14(3)17-7-5-6-8-18(17)20/h5-14,19-20H,4H2,1-3H3. The van der Waals surface area contributed by atoms with Crippen molar-refractivity contribution in [1.82, 2.24) is 5.32 Å². The highest BCUT2D eigenvalue weighted by atomic mass is 16.5. The van der Waals surface area contributed by atoms with Crippen molar-refractivity contribution in [3.05, 3.63) is 59.7 Å². The number of hydrogen-bond donors (Lipinski definition) is 2. The van der Waals surface area contributed by atoms with Crippen LogP contribution in [0.4, 0.5) is 0 Å². The fourth-order valence-corrected chi connectivity index (χ4v) is 2.43. The Hall–Kier alpha value is -2.00. The zero-order valence-corrected chi connectivity index (χ0v) is 12.8. The lowest BCUT2D eigenvalue weighted by molar-refractivity contribution is 0.340. The Bertz CT molecular complexity index is 566. The third-order valence-corrected chi connectivity index (χ3v) is 3.59. The molecule has 0 radical (unpaired) electrons. The molecule has 0 aliphatic rings. The summed E-state index contributed by atoms with van der Waals surface area (Å²) in [6.07, 6.45) is 0. The van der Waals surface area contributed by atoms with Gasteiger partial charge in [-0.15, -0.1) is 0 Å². The van der Waals surface area contributed by atoms with Crippen LogP contribution in [0.2, 0.25) is 0 Å². The Kier molecular flexibility index (Phi) is 5.23. The zero-order valence-electron chi connectivity index (χ0n) is 12.8. The molecule has 112 valence electrons. The summed E-state index contributed by atoms with van der Waals surface area (Å²) in [4.78, 5) is 0. The van der Waals surface area contributed by atoms with Crippen LogP contribution >= 0.6 is 0 Å². The van der Waals surface area contributed by atoms with E-state index in [0.717, 1.165) is 11.3 Å². The minimum Gasteiger partial charge on any atom is -0.508 e. The van der Waals surface area contributed by atoms with E-state index in [1.165, 1.54) is 5.56 Å². The van der Waals surface area contributed by atoms with Gasteiger partial charge in [-0.1, -0.05) is 30.3 Å². The van der Waals surface area contributed by atoms with Crippen LogP contribution in [0, 0.1) is 0 Å². The van der Waals surface area contributed by atoms with Crippen LogP contribution in [0.3, 0.4) is 0 Å². The maximum atomic E-state index is 9.90. The van der Waals surface area contributed by atoms with Crippen LogP contribution in [-0.2, 0) is 0 Å². The topological polar surface area (TPSA) is 41.5 Å². The Morgan fingerprint density at radius 3 is 2.29 bits per heavy atom. The Balaban J connectivity index is 2.03. The molecule has 0 saturated carbocycles. The van der Waals surface area contributed by atoms with Crippen molar-refractivity contribution in [1.29, 1.82) is 0 Å². The highest BCUT2D eigenvalue weighted by Gasteiger charge is 2.13. The van der Waals surface area contributed by atoms with Crippen LogP contribution < -0.4 is 10.1 Å².